The number of hydrogen-bond acceptors (Lipinski definition) is 6. The van der Waals surface area contributed by atoms with Crippen molar-refractivity contribution in [2.75, 3.05) is 24.3 Å². The summed E-state index contributed by atoms with van der Waals surface area (Å²) in [6.07, 6.45) is -0.858. The van der Waals surface area contributed by atoms with Crippen LogP contribution in [0.3, 0.4) is 0 Å². The fraction of sp³-hybridized carbons (Fsp3) is 0.174. The molecule has 0 radical (unpaired) electrons. The molecule has 3 aromatic carbocycles. The number of benzene rings is 3. The zero-order valence-corrected chi connectivity index (χ0v) is 19.0. The van der Waals surface area contributed by atoms with Crippen molar-refractivity contribution in [1.82, 2.24) is 0 Å². The van der Waals surface area contributed by atoms with E-state index in [1.54, 1.807) is 19.1 Å². The Labute approximate surface area is 191 Å². The van der Waals surface area contributed by atoms with Gasteiger partial charge >= 0.3 is 0 Å². The van der Waals surface area contributed by atoms with Gasteiger partial charge in [0, 0.05) is 11.8 Å². The first-order valence-corrected chi connectivity index (χ1v) is 11.3. The second kappa shape index (κ2) is 10.2. The molecule has 2 N–H and O–H groups in total. The van der Waals surface area contributed by atoms with E-state index in [-0.39, 0.29) is 10.6 Å². The van der Waals surface area contributed by atoms with Crippen LogP contribution in [0.2, 0.25) is 0 Å². The molecule has 0 spiro atoms. The highest BCUT2D eigenvalue weighted by molar-refractivity contribution is 7.92. The van der Waals surface area contributed by atoms with Gasteiger partial charge in [-0.1, -0.05) is 0 Å². The summed E-state index contributed by atoms with van der Waals surface area (Å²) in [5.74, 6) is 0.315. The van der Waals surface area contributed by atoms with Crippen molar-refractivity contribution in [3.8, 4) is 17.2 Å². The molecule has 0 heterocycles. The molecule has 10 heteroatoms. The third-order valence-corrected chi connectivity index (χ3v) is 5.96. The minimum Gasteiger partial charge on any atom is -0.497 e. The highest BCUT2D eigenvalue weighted by Crippen LogP contribution is 2.31. The number of halogens is 1. The van der Waals surface area contributed by atoms with Crippen molar-refractivity contribution in [3.63, 3.8) is 0 Å². The Morgan fingerprint density at radius 1 is 0.909 bits per heavy atom. The summed E-state index contributed by atoms with van der Waals surface area (Å²) < 4.78 is 56.8. The number of rotatable bonds is 9. The monoisotopic (exact) mass is 474 g/mol. The Kier molecular flexibility index (Phi) is 7.39. The van der Waals surface area contributed by atoms with E-state index < -0.39 is 27.9 Å². The largest absolute Gasteiger partial charge is 0.497 e. The zero-order valence-electron chi connectivity index (χ0n) is 18.2. The molecule has 0 fully saturated rings. The number of carbonyl (C=O) groups is 1. The molecule has 0 bridgehead atoms. The first kappa shape index (κ1) is 23.9. The number of sulfonamides is 1. The minimum absolute atomic E-state index is 0.00557. The summed E-state index contributed by atoms with van der Waals surface area (Å²) in [5, 5.41) is 2.65. The number of nitrogens with one attached hydrogen (secondary N) is 2. The van der Waals surface area contributed by atoms with E-state index in [0.717, 1.165) is 0 Å². The third-order valence-electron chi connectivity index (χ3n) is 4.58. The van der Waals surface area contributed by atoms with Crippen LogP contribution in [0.5, 0.6) is 17.2 Å². The van der Waals surface area contributed by atoms with Crippen molar-refractivity contribution in [1.29, 1.82) is 0 Å². The Balaban J connectivity index is 1.66. The molecule has 3 rings (SSSR count). The van der Waals surface area contributed by atoms with Gasteiger partial charge < -0.3 is 19.5 Å². The average Bonchev–Trinajstić information content (AvgIpc) is 2.81. The van der Waals surface area contributed by atoms with E-state index in [4.69, 9.17) is 14.2 Å². The molecule has 8 nitrogen and oxygen atoms in total. The summed E-state index contributed by atoms with van der Waals surface area (Å²) >= 11 is 0. The number of carbonyl (C=O) groups excluding carboxylic acids is 1. The van der Waals surface area contributed by atoms with Crippen molar-refractivity contribution in [2.24, 2.45) is 0 Å². The topological polar surface area (TPSA) is 103 Å². The van der Waals surface area contributed by atoms with Gasteiger partial charge in [0.1, 0.15) is 23.1 Å². The molecule has 0 aliphatic rings. The van der Waals surface area contributed by atoms with Crippen LogP contribution in [0.15, 0.2) is 71.6 Å². The lowest BCUT2D eigenvalue weighted by Crippen LogP contribution is -2.30. The highest BCUT2D eigenvalue weighted by Gasteiger charge is 2.19. The molecule has 174 valence electrons. The van der Waals surface area contributed by atoms with Crippen molar-refractivity contribution < 1.29 is 31.8 Å². The average molecular weight is 475 g/mol. The number of ether oxygens (including phenoxy) is 3. The van der Waals surface area contributed by atoms with Gasteiger partial charge in [-0.25, -0.2) is 12.8 Å². The van der Waals surface area contributed by atoms with Crippen LogP contribution in [-0.4, -0.2) is 34.6 Å². The zero-order chi connectivity index (χ0) is 24.0. The van der Waals surface area contributed by atoms with Crippen LogP contribution in [0.1, 0.15) is 6.92 Å². The van der Waals surface area contributed by atoms with Crippen LogP contribution >= 0.6 is 0 Å². The molecule has 0 saturated carbocycles. The standard InChI is InChI=1S/C23H23FN2O6S/c1-15(32-18-8-4-16(24)5-9-18)23(27)25-17-6-11-20(12-7-17)33(28,29)26-21-13-10-19(30-2)14-22(21)31-3/h4-15,26H,1-3H3,(H,25,27)/t15-/m0/s1. The summed E-state index contributed by atoms with van der Waals surface area (Å²) in [7, 11) is -0.994. The maximum absolute atomic E-state index is 13.0. The molecular weight excluding hydrogens is 451 g/mol. The Hall–Kier alpha value is -3.79. The van der Waals surface area contributed by atoms with Crippen molar-refractivity contribution in [2.45, 2.75) is 17.9 Å². The van der Waals surface area contributed by atoms with E-state index >= 15 is 0 Å². The van der Waals surface area contributed by atoms with Gasteiger partial charge in [0.05, 0.1) is 24.8 Å². The summed E-state index contributed by atoms with van der Waals surface area (Å²) in [6.45, 7) is 1.55. The van der Waals surface area contributed by atoms with Gasteiger partial charge in [-0.15, -0.1) is 0 Å². The van der Waals surface area contributed by atoms with Crippen LogP contribution in [0, 0.1) is 5.82 Å². The van der Waals surface area contributed by atoms with Gasteiger partial charge in [0.15, 0.2) is 6.10 Å². The molecule has 0 unspecified atom stereocenters. The van der Waals surface area contributed by atoms with E-state index in [9.17, 15) is 17.6 Å². The van der Waals surface area contributed by atoms with E-state index in [1.165, 1.54) is 68.8 Å². The molecule has 1 atom stereocenters. The third kappa shape index (κ3) is 6.13. The van der Waals surface area contributed by atoms with E-state index in [2.05, 4.69) is 10.0 Å². The second-order valence-corrected chi connectivity index (χ2v) is 8.58. The maximum Gasteiger partial charge on any atom is 0.265 e. The Morgan fingerprint density at radius 3 is 2.15 bits per heavy atom. The fourth-order valence-corrected chi connectivity index (χ4v) is 3.89. The summed E-state index contributed by atoms with van der Waals surface area (Å²) in [6, 6.07) is 15.6. The first-order chi connectivity index (χ1) is 15.7. The number of amides is 1. The van der Waals surface area contributed by atoms with Gasteiger partial charge in [-0.3, -0.25) is 9.52 Å². The highest BCUT2D eigenvalue weighted by atomic mass is 32.2. The Bertz CT molecular complexity index is 1210. The van der Waals surface area contributed by atoms with E-state index in [0.29, 0.717) is 22.9 Å². The van der Waals surface area contributed by atoms with Crippen LogP contribution in [0.4, 0.5) is 15.8 Å². The minimum atomic E-state index is -3.91. The van der Waals surface area contributed by atoms with Crippen molar-refractivity contribution in [3.05, 3.63) is 72.5 Å². The molecule has 0 aromatic heterocycles. The molecule has 33 heavy (non-hydrogen) atoms. The van der Waals surface area contributed by atoms with Gasteiger partial charge in [-0.05, 0) is 67.6 Å². The first-order valence-electron chi connectivity index (χ1n) is 9.80. The van der Waals surface area contributed by atoms with E-state index in [1.807, 2.05) is 0 Å². The van der Waals surface area contributed by atoms with Gasteiger partial charge in [0.2, 0.25) is 0 Å². The fourth-order valence-electron chi connectivity index (χ4n) is 2.82. The molecule has 0 saturated heterocycles. The van der Waals surface area contributed by atoms with Crippen LogP contribution < -0.4 is 24.2 Å². The van der Waals surface area contributed by atoms with Gasteiger partial charge in [0.25, 0.3) is 15.9 Å². The quantitative estimate of drug-likeness (QED) is 0.485. The lowest BCUT2D eigenvalue weighted by atomic mass is 10.3. The summed E-state index contributed by atoms with van der Waals surface area (Å²) in [5.41, 5.74) is 0.637. The number of hydrogen-bond donors (Lipinski definition) is 2. The Morgan fingerprint density at radius 2 is 1.55 bits per heavy atom. The lowest BCUT2D eigenvalue weighted by molar-refractivity contribution is -0.122. The normalized spacial score (nSPS) is 11.9. The maximum atomic E-state index is 13.0. The summed E-state index contributed by atoms with van der Waals surface area (Å²) in [4.78, 5) is 12.4. The number of methoxy groups -OCH3 is 2. The predicted octanol–water partition coefficient (Wildman–Crippen LogP) is 4.05. The molecule has 1 amide bonds. The smallest absolute Gasteiger partial charge is 0.265 e. The molecular formula is C23H23FN2O6S. The molecule has 0 aliphatic heterocycles. The van der Waals surface area contributed by atoms with Crippen molar-refractivity contribution >= 4 is 27.3 Å². The van der Waals surface area contributed by atoms with Crippen LogP contribution in [-0.2, 0) is 14.8 Å². The SMILES string of the molecule is COc1ccc(NS(=O)(=O)c2ccc(NC(=O)[C@H](C)Oc3ccc(F)cc3)cc2)c(OC)c1. The molecule has 0 aliphatic carbocycles. The molecule has 3 aromatic rings. The second-order valence-electron chi connectivity index (χ2n) is 6.90. The lowest BCUT2D eigenvalue weighted by Gasteiger charge is -2.15. The predicted molar refractivity (Wildman–Crippen MR) is 122 cm³/mol. The van der Waals surface area contributed by atoms with Crippen LogP contribution in [0.25, 0.3) is 0 Å². The van der Waals surface area contributed by atoms with Gasteiger partial charge in [-0.2, -0.15) is 0 Å². The number of anilines is 2.